The van der Waals surface area contributed by atoms with Gasteiger partial charge in [-0.3, -0.25) is 0 Å². The van der Waals surface area contributed by atoms with Crippen LogP contribution < -0.4 is 10.6 Å². The van der Waals surface area contributed by atoms with Crippen molar-refractivity contribution in [2.45, 2.75) is 45.2 Å². The van der Waals surface area contributed by atoms with E-state index in [1.807, 2.05) is 36.4 Å². The van der Waals surface area contributed by atoms with E-state index in [0.717, 1.165) is 29.5 Å². The minimum atomic E-state index is 0. The number of halogens is 1. The van der Waals surface area contributed by atoms with Gasteiger partial charge in [0.25, 0.3) is 0 Å². The number of aliphatic imine (C=N–C) groups is 1. The molecule has 0 amide bonds. The van der Waals surface area contributed by atoms with E-state index in [0.29, 0.717) is 12.6 Å². The summed E-state index contributed by atoms with van der Waals surface area (Å²) in [4.78, 5) is 4.63. The van der Waals surface area contributed by atoms with Crippen molar-refractivity contribution in [2.75, 3.05) is 6.54 Å². The second kappa shape index (κ2) is 9.66. The van der Waals surface area contributed by atoms with Crippen LogP contribution in [0.1, 0.15) is 38.3 Å². The van der Waals surface area contributed by atoms with Gasteiger partial charge in [-0.1, -0.05) is 48.3 Å². The van der Waals surface area contributed by atoms with Crippen LogP contribution in [0.4, 0.5) is 0 Å². The maximum atomic E-state index is 5.42. The van der Waals surface area contributed by atoms with Gasteiger partial charge in [-0.05, 0) is 19.8 Å². The lowest BCUT2D eigenvalue weighted by atomic mass is 10.2. The SMILES string of the molecule is CCNC(=NCc1cc(-c2ccccc2)on1)NC1CCCC1.I. The fourth-order valence-corrected chi connectivity index (χ4v) is 2.87. The zero-order valence-electron chi connectivity index (χ0n) is 14.0. The van der Waals surface area contributed by atoms with Gasteiger partial charge in [0.1, 0.15) is 5.69 Å². The lowest BCUT2D eigenvalue weighted by Gasteiger charge is -2.16. The van der Waals surface area contributed by atoms with Crippen LogP contribution in [0.15, 0.2) is 45.9 Å². The van der Waals surface area contributed by atoms with Crippen LogP contribution in [0, 0.1) is 0 Å². The molecular weight excluding hydrogens is 415 g/mol. The van der Waals surface area contributed by atoms with E-state index >= 15 is 0 Å². The molecule has 1 fully saturated rings. The van der Waals surface area contributed by atoms with Gasteiger partial charge in [-0.15, -0.1) is 24.0 Å². The van der Waals surface area contributed by atoms with Gasteiger partial charge in [-0.2, -0.15) is 0 Å². The first-order valence-corrected chi connectivity index (χ1v) is 8.41. The van der Waals surface area contributed by atoms with Crippen LogP contribution >= 0.6 is 24.0 Å². The first-order chi connectivity index (χ1) is 11.3. The van der Waals surface area contributed by atoms with Gasteiger partial charge in [-0.25, -0.2) is 4.99 Å². The minimum absolute atomic E-state index is 0. The fraction of sp³-hybridized carbons (Fsp3) is 0.444. The van der Waals surface area contributed by atoms with Crippen molar-refractivity contribution < 1.29 is 4.52 Å². The van der Waals surface area contributed by atoms with Crippen LogP contribution in [0.25, 0.3) is 11.3 Å². The average Bonchev–Trinajstić information content (AvgIpc) is 3.25. The lowest BCUT2D eigenvalue weighted by Crippen LogP contribution is -2.42. The summed E-state index contributed by atoms with van der Waals surface area (Å²) in [5.41, 5.74) is 1.87. The van der Waals surface area contributed by atoms with Gasteiger partial charge >= 0.3 is 0 Å². The highest BCUT2D eigenvalue weighted by molar-refractivity contribution is 14.0. The number of nitrogens with one attached hydrogen (secondary N) is 2. The number of benzene rings is 1. The van der Waals surface area contributed by atoms with Crippen molar-refractivity contribution in [3.8, 4) is 11.3 Å². The zero-order valence-corrected chi connectivity index (χ0v) is 16.3. The van der Waals surface area contributed by atoms with E-state index in [9.17, 15) is 0 Å². The molecule has 3 rings (SSSR count). The molecule has 5 nitrogen and oxygen atoms in total. The van der Waals surface area contributed by atoms with Gasteiger partial charge in [0.15, 0.2) is 11.7 Å². The maximum absolute atomic E-state index is 5.42. The van der Waals surface area contributed by atoms with Crippen molar-refractivity contribution in [2.24, 2.45) is 4.99 Å². The molecule has 0 saturated heterocycles. The van der Waals surface area contributed by atoms with Crippen molar-refractivity contribution in [3.63, 3.8) is 0 Å². The minimum Gasteiger partial charge on any atom is -0.357 e. The Morgan fingerprint density at radius 2 is 2.00 bits per heavy atom. The number of hydrogen-bond acceptors (Lipinski definition) is 3. The highest BCUT2D eigenvalue weighted by atomic mass is 127. The second-order valence-electron chi connectivity index (χ2n) is 5.87. The van der Waals surface area contributed by atoms with Gasteiger partial charge in [0.2, 0.25) is 0 Å². The molecule has 1 aliphatic carbocycles. The van der Waals surface area contributed by atoms with E-state index < -0.39 is 0 Å². The van der Waals surface area contributed by atoms with E-state index in [1.165, 1.54) is 25.7 Å². The Balaban J connectivity index is 0.00000208. The third-order valence-electron chi connectivity index (χ3n) is 4.06. The van der Waals surface area contributed by atoms with E-state index in [-0.39, 0.29) is 24.0 Å². The second-order valence-corrected chi connectivity index (χ2v) is 5.87. The monoisotopic (exact) mass is 440 g/mol. The van der Waals surface area contributed by atoms with Gasteiger partial charge in [0.05, 0.1) is 6.54 Å². The van der Waals surface area contributed by atoms with Crippen molar-refractivity contribution in [1.29, 1.82) is 0 Å². The predicted octanol–water partition coefficient (Wildman–Crippen LogP) is 3.96. The van der Waals surface area contributed by atoms with Gasteiger partial charge < -0.3 is 15.2 Å². The number of hydrogen-bond donors (Lipinski definition) is 2. The molecule has 2 N–H and O–H groups in total. The summed E-state index contributed by atoms with van der Waals surface area (Å²) in [5, 5.41) is 10.9. The third-order valence-corrected chi connectivity index (χ3v) is 4.06. The topological polar surface area (TPSA) is 62.5 Å². The molecule has 6 heteroatoms. The molecule has 24 heavy (non-hydrogen) atoms. The highest BCUT2D eigenvalue weighted by Gasteiger charge is 2.16. The Hall–Kier alpha value is -1.57. The first-order valence-electron chi connectivity index (χ1n) is 8.41. The predicted molar refractivity (Wildman–Crippen MR) is 108 cm³/mol. The molecule has 1 aliphatic rings. The summed E-state index contributed by atoms with van der Waals surface area (Å²) in [6.45, 7) is 3.44. The van der Waals surface area contributed by atoms with E-state index in [4.69, 9.17) is 4.52 Å². The van der Waals surface area contributed by atoms with E-state index in [2.05, 4.69) is 27.7 Å². The first kappa shape index (κ1) is 18.8. The quantitative estimate of drug-likeness (QED) is 0.420. The molecule has 1 heterocycles. The summed E-state index contributed by atoms with van der Waals surface area (Å²) in [6.07, 6.45) is 5.07. The van der Waals surface area contributed by atoms with Crippen LogP contribution in [-0.2, 0) is 6.54 Å². The molecule has 1 aromatic heterocycles. The highest BCUT2D eigenvalue weighted by Crippen LogP contribution is 2.20. The van der Waals surface area contributed by atoms with Crippen molar-refractivity contribution in [1.82, 2.24) is 15.8 Å². The molecule has 0 spiro atoms. The van der Waals surface area contributed by atoms with Crippen LogP contribution in [-0.4, -0.2) is 23.7 Å². The molecular formula is C18H25IN4O. The van der Waals surface area contributed by atoms with E-state index in [1.54, 1.807) is 0 Å². The fourth-order valence-electron chi connectivity index (χ4n) is 2.87. The summed E-state index contributed by atoms with van der Waals surface area (Å²) in [5.74, 6) is 1.65. The Morgan fingerprint density at radius 1 is 1.25 bits per heavy atom. The summed E-state index contributed by atoms with van der Waals surface area (Å²) in [6, 6.07) is 12.5. The number of rotatable bonds is 5. The number of nitrogens with zero attached hydrogens (tertiary/aromatic N) is 2. The van der Waals surface area contributed by atoms with Crippen LogP contribution in [0.3, 0.4) is 0 Å². The zero-order chi connectivity index (χ0) is 15.9. The molecule has 0 atom stereocenters. The van der Waals surface area contributed by atoms with Gasteiger partial charge in [0, 0.05) is 24.2 Å². The number of aromatic nitrogens is 1. The molecule has 130 valence electrons. The van der Waals surface area contributed by atoms with Crippen molar-refractivity contribution in [3.05, 3.63) is 42.1 Å². The molecule has 1 aromatic carbocycles. The normalized spacial score (nSPS) is 15.1. The molecule has 2 aromatic rings. The molecule has 0 unspecified atom stereocenters. The largest absolute Gasteiger partial charge is 0.357 e. The molecule has 0 bridgehead atoms. The Labute approximate surface area is 160 Å². The van der Waals surface area contributed by atoms with Crippen LogP contribution in [0.5, 0.6) is 0 Å². The smallest absolute Gasteiger partial charge is 0.191 e. The summed E-state index contributed by atoms with van der Waals surface area (Å²) >= 11 is 0. The Bertz CT molecular complexity index is 635. The van der Waals surface area contributed by atoms with Crippen molar-refractivity contribution >= 4 is 29.9 Å². The Morgan fingerprint density at radius 3 is 2.71 bits per heavy atom. The number of guanidine groups is 1. The average molecular weight is 440 g/mol. The Kier molecular flexibility index (Phi) is 7.55. The third kappa shape index (κ3) is 5.22. The van der Waals surface area contributed by atoms with Crippen LogP contribution in [0.2, 0.25) is 0 Å². The molecule has 1 saturated carbocycles. The summed E-state index contributed by atoms with van der Waals surface area (Å²) < 4.78 is 5.42. The summed E-state index contributed by atoms with van der Waals surface area (Å²) in [7, 11) is 0. The standard InChI is InChI=1S/C18H24N4O.HI/c1-2-19-18(21-15-10-6-7-11-15)20-13-16-12-17(23-22-16)14-8-4-3-5-9-14;/h3-5,8-9,12,15H,2,6-7,10-11,13H2,1H3,(H2,19,20,21);1H. The maximum Gasteiger partial charge on any atom is 0.191 e. The molecule has 0 radical (unpaired) electrons. The lowest BCUT2D eigenvalue weighted by molar-refractivity contribution is 0.424. The molecule has 0 aliphatic heterocycles.